The third-order valence-electron chi connectivity index (χ3n) is 3.83. The van der Waals surface area contributed by atoms with Crippen molar-refractivity contribution < 1.29 is 4.39 Å². The molecule has 0 fully saturated rings. The zero-order chi connectivity index (χ0) is 21.5. The number of allylic oxidation sites excluding steroid dienone is 5. The van der Waals surface area contributed by atoms with E-state index >= 15 is 0 Å². The molecule has 0 unspecified atom stereocenters. The van der Waals surface area contributed by atoms with Gasteiger partial charge in [-0.15, -0.1) is 0 Å². The summed E-state index contributed by atoms with van der Waals surface area (Å²) < 4.78 is 12.7. The Bertz CT molecular complexity index is 696. The lowest BCUT2D eigenvalue weighted by Crippen LogP contribution is -1.86. The van der Waals surface area contributed by atoms with Gasteiger partial charge in [-0.25, -0.2) is 4.39 Å². The zero-order valence-electron chi connectivity index (χ0n) is 17.9. The SMILES string of the molecule is C=C(/C=C\C(C)=C/C)C(C)C.CS.Cc1ccc(Sc2ccc(F)cc2)cc1. The van der Waals surface area contributed by atoms with Crippen LogP contribution in [0.5, 0.6) is 0 Å². The molecular formula is C25H33FS2. The van der Waals surface area contributed by atoms with Crippen molar-refractivity contribution in [2.24, 2.45) is 5.92 Å². The number of aryl methyl sites for hydroxylation is 1. The summed E-state index contributed by atoms with van der Waals surface area (Å²) in [5, 5.41) is 0. The second-order valence-corrected chi connectivity index (χ2v) is 7.61. The molecule has 28 heavy (non-hydrogen) atoms. The second-order valence-electron chi connectivity index (χ2n) is 6.46. The van der Waals surface area contributed by atoms with Crippen LogP contribution in [0.15, 0.2) is 94.3 Å². The van der Waals surface area contributed by atoms with Crippen LogP contribution < -0.4 is 0 Å². The standard InChI is InChI=1S/C13H11FS.C11H18.CH4S/c1-10-2-6-12(7-3-10)15-13-8-4-11(14)5-9-13;1-6-10(4)7-8-11(5)9(2)3;1-2/h2-9H,1H3;6-9H,5H2,1-4H3;2H,1H3/b;8-7-,10-6-;. The molecule has 0 bridgehead atoms. The molecule has 0 saturated heterocycles. The van der Waals surface area contributed by atoms with Gasteiger partial charge in [-0.3, -0.25) is 0 Å². The second kappa shape index (κ2) is 15.2. The van der Waals surface area contributed by atoms with Crippen molar-refractivity contribution in [2.45, 2.75) is 44.4 Å². The summed E-state index contributed by atoms with van der Waals surface area (Å²) in [6.07, 6.45) is 7.96. The summed E-state index contributed by atoms with van der Waals surface area (Å²) in [7, 11) is 0. The smallest absolute Gasteiger partial charge is 0.123 e. The molecule has 0 nitrogen and oxygen atoms in total. The van der Waals surface area contributed by atoms with Gasteiger partial charge in [0, 0.05) is 9.79 Å². The lowest BCUT2D eigenvalue weighted by atomic mass is 10.0. The maximum atomic E-state index is 12.7. The fourth-order valence-corrected chi connectivity index (χ4v) is 2.59. The number of hydrogen-bond donors (Lipinski definition) is 1. The Kier molecular flexibility index (Phi) is 14.3. The van der Waals surface area contributed by atoms with Gasteiger partial charge in [0.25, 0.3) is 0 Å². The van der Waals surface area contributed by atoms with Gasteiger partial charge < -0.3 is 0 Å². The Morgan fingerprint density at radius 3 is 1.86 bits per heavy atom. The predicted octanol–water partition coefficient (Wildman–Crippen LogP) is 8.55. The van der Waals surface area contributed by atoms with Crippen LogP contribution >= 0.6 is 24.4 Å². The average molecular weight is 417 g/mol. The summed E-state index contributed by atoms with van der Waals surface area (Å²) in [4.78, 5) is 2.23. The van der Waals surface area contributed by atoms with Gasteiger partial charge in [-0.05, 0) is 69.3 Å². The van der Waals surface area contributed by atoms with Crippen LogP contribution in [0.1, 0.15) is 33.3 Å². The van der Waals surface area contributed by atoms with Crippen molar-refractivity contribution in [1.82, 2.24) is 0 Å². The molecule has 0 atom stereocenters. The van der Waals surface area contributed by atoms with E-state index < -0.39 is 0 Å². The Morgan fingerprint density at radius 1 is 0.964 bits per heavy atom. The van der Waals surface area contributed by atoms with Crippen molar-refractivity contribution in [3.63, 3.8) is 0 Å². The fraction of sp³-hybridized carbons (Fsp3) is 0.280. The molecule has 152 valence electrons. The average Bonchev–Trinajstić information content (AvgIpc) is 2.71. The van der Waals surface area contributed by atoms with E-state index in [-0.39, 0.29) is 5.82 Å². The third-order valence-corrected chi connectivity index (χ3v) is 4.84. The van der Waals surface area contributed by atoms with Crippen LogP contribution in [0.4, 0.5) is 4.39 Å². The van der Waals surface area contributed by atoms with Crippen molar-refractivity contribution in [3.05, 3.63) is 95.9 Å². The first kappa shape index (κ1) is 26.3. The van der Waals surface area contributed by atoms with E-state index in [1.165, 1.54) is 33.7 Å². The van der Waals surface area contributed by atoms with E-state index in [9.17, 15) is 4.39 Å². The van der Waals surface area contributed by atoms with Crippen LogP contribution in [0, 0.1) is 18.7 Å². The van der Waals surface area contributed by atoms with Gasteiger partial charge in [-0.2, -0.15) is 12.6 Å². The van der Waals surface area contributed by atoms with Crippen molar-refractivity contribution in [1.29, 1.82) is 0 Å². The van der Waals surface area contributed by atoms with E-state index in [0.29, 0.717) is 5.92 Å². The summed E-state index contributed by atoms with van der Waals surface area (Å²) in [6, 6.07) is 14.8. The van der Waals surface area contributed by atoms with Crippen molar-refractivity contribution >= 4 is 24.4 Å². The largest absolute Gasteiger partial charge is 0.207 e. The monoisotopic (exact) mass is 416 g/mol. The van der Waals surface area contributed by atoms with Gasteiger partial charge in [0.1, 0.15) is 5.82 Å². The highest BCUT2D eigenvalue weighted by molar-refractivity contribution is 7.99. The van der Waals surface area contributed by atoms with Crippen molar-refractivity contribution in [3.8, 4) is 0 Å². The number of benzene rings is 2. The van der Waals surface area contributed by atoms with Crippen LogP contribution in [0.2, 0.25) is 0 Å². The molecular weight excluding hydrogens is 383 g/mol. The molecule has 2 aromatic carbocycles. The first-order valence-corrected chi connectivity index (χ1v) is 11.0. The fourth-order valence-electron chi connectivity index (χ4n) is 1.77. The van der Waals surface area contributed by atoms with Crippen LogP contribution in [0.25, 0.3) is 0 Å². The van der Waals surface area contributed by atoms with E-state index in [1.807, 2.05) is 6.92 Å². The Labute approximate surface area is 181 Å². The molecule has 0 saturated carbocycles. The molecule has 0 aromatic heterocycles. The highest BCUT2D eigenvalue weighted by Crippen LogP contribution is 2.27. The zero-order valence-corrected chi connectivity index (χ0v) is 19.6. The molecule has 0 amide bonds. The summed E-state index contributed by atoms with van der Waals surface area (Å²) in [6.45, 7) is 14.4. The molecule has 2 rings (SSSR count). The summed E-state index contributed by atoms with van der Waals surface area (Å²) in [5.41, 5.74) is 3.72. The van der Waals surface area contributed by atoms with Gasteiger partial charge in [0.15, 0.2) is 0 Å². The molecule has 2 aromatic rings. The molecule has 3 heteroatoms. The molecule has 0 aliphatic carbocycles. The minimum atomic E-state index is -0.191. The van der Waals surface area contributed by atoms with Crippen molar-refractivity contribution in [2.75, 3.05) is 6.26 Å². The molecule has 0 N–H and O–H groups in total. The first-order valence-electron chi connectivity index (χ1n) is 9.26. The summed E-state index contributed by atoms with van der Waals surface area (Å²) in [5.74, 6) is 0.360. The summed E-state index contributed by atoms with van der Waals surface area (Å²) >= 11 is 5.17. The lowest BCUT2D eigenvalue weighted by Gasteiger charge is -2.02. The predicted molar refractivity (Wildman–Crippen MR) is 129 cm³/mol. The third kappa shape index (κ3) is 11.9. The lowest BCUT2D eigenvalue weighted by molar-refractivity contribution is 0.626. The minimum absolute atomic E-state index is 0.191. The normalized spacial score (nSPS) is 10.8. The van der Waals surface area contributed by atoms with E-state index in [1.54, 1.807) is 30.2 Å². The highest BCUT2D eigenvalue weighted by atomic mass is 32.2. The molecule has 0 spiro atoms. The Hall–Kier alpha value is -1.71. The van der Waals surface area contributed by atoms with E-state index in [0.717, 1.165) is 4.90 Å². The molecule has 0 aliphatic heterocycles. The topological polar surface area (TPSA) is 0 Å². The Balaban J connectivity index is 0.000000502. The maximum absolute atomic E-state index is 12.7. The minimum Gasteiger partial charge on any atom is -0.207 e. The molecule has 0 radical (unpaired) electrons. The van der Waals surface area contributed by atoms with E-state index in [2.05, 4.69) is 89.4 Å². The maximum Gasteiger partial charge on any atom is 0.123 e. The highest BCUT2D eigenvalue weighted by Gasteiger charge is 1.97. The molecule has 0 aliphatic rings. The van der Waals surface area contributed by atoms with Crippen LogP contribution in [-0.4, -0.2) is 6.26 Å². The number of hydrogen-bond acceptors (Lipinski definition) is 2. The van der Waals surface area contributed by atoms with E-state index in [4.69, 9.17) is 0 Å². The molecule has 0 heterocycles. The van der Waals surface area contributed by atoms with Gasteiger partial charge in [0.2, 0.25) is 0 Å². The Morgan fingerprint density at radius 2 is 1.43 bits per heavy atom. The number of thiol groups is 1. The van der Waals surface area contributed by atoms with Gasteiger partial charge in [-0.1, -0.05) is 79.3 Å². The van der Waals surface area contributed by atoms with Crippen LogP contribution in [0.3, 0.4) is 0 Å². The first-order chi connectivity index (χ1) is 13.3. The number of rotatable bonds is 5. The van der Waals surface area contributed by atoms with Crippen LogP contribution in [-0.2, 0) is 0 Å². The van der Waals surface area contributed by atoms with Gasteiger partial charge >= 0.3 is 0 Å². The van der Waals surface area contributed by atoms with Gasteiger partial charge in [0.05, 0.1) is 0 Å². The number of halogens is 1. The quantitative estimate of drug-likeness (QED) is 0.376.